The van der Waals surface area contributed by atoms with Crippen molar-refractivity contribution in [3.63, 3.8) is 0 Å². The smallest absolute Gasteiger partial charge is 0.170 e. The maximum absolute atomic E-state index is 12.8. The Balaban J connectivity index is 2.14. The molecule has 2 aromatic carbocycles. The molecule has 0 unspecified atom stereocenters. The van der Waals surface area contributed by atoms with Crippen molar-refractivity contribution in [2.75, 3.05) is 6.61 Å². The molecule has 0 radical (unpaired) electrons. The molecule has 0 aliphatic carbocycles. The summed E-state index contributed by atoms with van der Waals surface area (Å²) in [6.07, 6.45) is 1.13. The van der Waals surface area contributed by atoms with Gasteiger partial charge >= 0.3 is 0 Å². The number of hydrogen-bond acceptors (Lipinski definition) is 2. The molecule has 2 aromatic rings. The summed E-state index contributed by atoms with van der Waals surface area (Å²) in [5.74, 6) is 0.289. The number of benzene rings is 2. The third kappa shape index (κ3) is 3.67. The summed E-state index contributed by atoms with van der Waals surface area (Å²) in [6, 6.07) is 13.2. The summed E-state index contributed by atoms with van der Waals surface area (Å²) in [6.45, 7) is 2.60. The van der Waals surface area contributed by atoms with Gasteiger partial charge in [0, 0.05) is 6.42 Å². The van der Waals surface area contributed by atoms with Crippen LogP contribution in [0.2, 0.25) is 0 Å². The highest BCUT2D eigenvalue weighted by Crippen LogP contribution is 2.20. The molecule has 3 heteroatoms. The fourth-order valence-corrected chi connectivity index (χ4v) is 1.92. The summed E-state index contributed by atoms with van der Waals surface area (Å²) in [5.41, 5.74) is 1.37. The van der Waals surface area contributed by atoms with E-state index in [2.05, 4.69) is 0 Å². The Kier molecular flexibility index (Phi) is 4.88. The predicted octanol–water partition coefficient (Wildman–Crippen LogP) is 4.04. The molecule has 0 amide bonds. The fourth-order valence-electron chi connectivity index (χ4n) is 1.92. The molecule has 0 aliphatic rings. The molecular formula is C17H17FO2. The Hall–Kier alpha value is -2.16. The van der Waals surface area contributed by atoms with Crippen molar-refractivity contribution in [1.82, 2.24) is 0 Å². The van der Waals surface area contributed by atoms with E-state index in [4.69, 9.17) is 4.74 Å². The first-order valence-corrected chi connectivity index (χ1v) is 6.70. The first-order chi connectivity index (χ1) is 9.70. The quantitative estimate of drug-likeness (QED) is 0.742. The van der Waals surface area contributed by atoms with Crippen LogP contribution in [-0.2, 0) is 6.42 Å². The normalized spacial score (nSPS) is 10.3. The average molecular weight is 272 g/mol. The molecule has 104 valence electrons. The molecular weight excluding hydrogens is 255 g/mol. The van der Waals surface area contributed by atoms with Gasteiger partial charge in [-0.05, 0) is 36.2 Å². The van der Waals surface area contributed by atoms with E-state index in [1.165, 1.54) is 12.1 Å². The van der Waals surface area contributed by atoms with Crippen LogP contribution in [0.5, 0.6) is 5.75 Å². The Morgan fingerprint density at radius 2 is 1.80 bits per heavy atom. The first kappa shape index (κ1) is 14.3. The lowest BCUT2D eigenvalue weighted by molar-refractivity contribution is 0.0989. The van der Waals surface area contributed by atoms with Gasteiger partial charge in [0.1, 0.15) is 11.6 Å². The highest BCUT2D eigenvalue weighted by atomic mass is 19.1. The summed E-state index contributed by atoms with van der Waals surface area (Å²) in [7, 11) is 0. The van der Waals surface area contributed by atoms with Crippen molar-refractivity contribution in [2.24, 2.45) is 0 Å². The Morgan fingerprint density at radius 3 is 2.50 bits per heavy atom. The van der Waals surface area contributed by atoms with Crippen LogP contribution in [0.25, 0.3) is 0 Å². The van der Waals surface area contributed by atoms with Gasteiger partial charge in [-0.3, -0.25) is 4.79 Å². The zero-order chi connectivity index (χ0) is 14.4. The van der Waals surface area contributed by atoms with Crippen molar-refractivity contribution in [3.8, 4) is 5.75 Å². The summed E-state index contributed by atoms with van der Waals surface area (Å²) >= 11 is 0. The van der Waals surface area contributed by atoms with Crippen molar-refractivity contribution in [3.05, 3.63) is 65.5 Å². The molecule has 0 atom stereocenters. The molecule has 0 spiro atoms. The highest BCUT2D eigenvalue weighted by molar-refractivity contribution is 5.99. The third-order valence-corrected chi connectivity index (χ3v) is 2.93. The van der Waals surface area contributed by atoms with E-state index in [0.29, 0.717) is 17.9 Å². The van der Waals surface area contributed by atoms with Crippen LogP contribution in [0.4, 0.5) is 4.39 Å². The fraction of sp³-hybridized carbons (Fsp3) is 0.235. The number of Topliss-reactive ketones (excluding diaryl/α,β-unsaturated/α-hetero) is 1. The number of ether oxygens (including phenoxy) is 1. The van der Waals surface area contributed by atoms with Crippen LogP contribution < -0.4 is 4.74 Å². The van der Waals surface area contributed by atoms with Crippen LogP contribution in [0.3, 0.4) is 0 Å². The third-order valence-electron chi connectivity index (χ3n) is 2.93. The maximum atomic E-state index is 12.8. The number of rotatable bonds is 6. The lowest BCUT2D eigenvalue weighted by atomic mass is 10.0. The molecule has 0 bridgehead atoms. The molecule has 2 nitrogen and oxygen atoms in total. The van der Waals surface area contributed by atoms with E-state index < -0.39 is 0 Å². The van der Waals surface area contributed by atoms with E-state index in [-0.39, 0.29) is 18.0 Å². The minimum Gasteiger partial charge on any atom is -0.493 e. The van der Waals surface area contributed by atoms with E-state index in [9.17, 15) is 9.18 Å². The van der Waals surface area contributed by atoms with Crippen molar-refractivity contribution < 1.29 is 13.9 Å². The van der Waals surface area contributed by atoms with E-state index in [1.807, 2.05) is 19.1 Å². The number of hydrogen-bond donors (Lipinski definition) is 0. The van der Waals surface area contributed by atoms with E-state index in [1.54, 1.807) is 24.3 Å². The van der Waals surface area contributed by atoms with Gasteiger partial charge in [0.25, 0.3) is 0 Å². The summed E-state index contributed by atoms with van der Waals surface area (Å²) in [5, 5.41) is 0. The SMILES string of the molecule is CCCOc1ccccc1C(=O)Cc1ccc(F)cc1. The first-order valence-electron chi connectivity index (χ1n) is 6.70. The van der Waals surface area contributed by atoms with Gasteiger partial charge in [-0.15, -0.1) is 0 Å². The molecule has 0 heterocycles. The molecule has 0 N–H and O–H groups in total. The monoisotopic (exact) mass is 272 g/mol. The molecule has 0 saturated heterocycles. The Labute approximate surface area is 118 Å². The van der Waals surface area contributed by atoms with Crippen LogP contribution in [0.1, 0.15) is 29.3 Å². The molecule has 20 heavy (non-hydrogen) atoms. The number of ketones is 1. The predicted molar refractivity (Wildman–Crippen MR) is 76.7 cm³/mol. The Morgan fingerprint density at radius 1 is 1.10 bits per heavy atom. The zero-order valence-electron chi connectivity index (χ0n) is 11.4. The van der Waals surface area contributed by atoms with E-state index in [0.717, 1.165) is 12.0 Å². The summed E-state index contributed by atoms with van der Waals surface area (Å²) in [4.78, 5) is 12.3. The highest BCUT2D eigenvalue weighted by Gasteiger charge is 2.12. The number of halogens is 1. The molecule has 0 aromatic heterocycles. The van der Waals surface area contributed by atoms with E-state index >= 15 is 0 Å². The topological polar surface area (TPSA) is 26.3 Å². The second kappa shape index (κ2) is 6.85. The molecule has 0 fully saturated rings. The van der Waals surface area contributed by atoms with Gasteiger partial charge < -0.3 is 4.74 Å². The largest absolute Gasteiger partial charge is 0.493 e. The molecule has 0 aliphatic heterocycles. The molecule has 0 saturated carbocycles. The van der Waals surface area contributed by atoms with Crippen LogP contribution in [-0.4, -0.2) is 12.4 Å². The van der Waals surface area contributed by atoms with Gasteiger partial charge in [-0.25, -0.2) is 4.39 Å². The maximum Gasteiger partial charge on any atom is 0.170 e. The molecule has 2 rings (SSSR count). The lowest BCUT2D eigenvalue weighted by Crippen LogP contribution is -2.07. The minimum absolute atomic E-state index is 0.0247. The second-order valence-electron chi connectivity index (χ2n) is 4.57. The second-order valence-corrected chi connectivity index (χ2v) is 4.57. The van der Waals surface area contributed by atoms with Gasteiger partial charge in [-0.1, -0.05) is 31.2 Å². The van der Waals surface area contributed by atoms with Crippen LogP contribution in [0, 0.1) is 5.82 Å². The van der Waals surface area contributed by atoms with Crippen LogP contribution >= 0.6 is 0 Å². The number of carbonyl (C=O) groups is 1. The summed E-state index contributed by atoms with van der Waals surface area (Å²) < 4.78 is 18.4. The number of carbonyl (C=O) groups excluding carboxylic acids is 1. The lowest BCUT2D eigenvalue weighted by Gasteiger charge is -2.10. The van der Waals surface area contributed by atoms with Crippen molar-refractivity contribution in [1.29, 1.82) is 0 Å². The average Bonchev–Trinajstić information content (AvgIpc) is 2.47. The zero-order valence-corrected chi connectivity index (χ0v) is 11.4. The van der Waals surface area contributed by atoms with Crippen LogP contribution in [0.15, 0.2) is 48.5 Å². The minimum atomic E-state index is -0.298. The van der Waals surface area contributed by atoms with Gasteiger partial charge in [0.15, 0.2) is 5.78 Å². The Bertz CT molecular complexity index is 576. The van der Waals surface area contributed by atoms with Crippen molar-refractivity contribution in [2.45, 2.75) is 19.8 Å². The van der Waals surface area contributed by atoms with Gasteiger partial charge in [-0.2, -0.15) is 0 Å². The van der Waals surface area contributed by atoms with Crippen molar-refractivity contribution >= 4 is 5.78 Å². The van der Waals surface area contributed by atoms with Gasteiger partial charge in [0.05, 0.1) is 12.2 Å². The van der Waals surface area contributed by atoms with Gasteiger partial charge in [0.2, 0.25) is 0 Å². The standard InChI is InChI=1S/C17H17FO2/c1-2-11-20-17-6-4-3-5-15(17)16(19)12-13-7-9-14(18)10-8-13/h3-10H,2,11-12H2,1H3. The number of para-hydroxylation sites is 1.